The average molecular weight is 384 g/mol. The fraction of sp³-hybridized carbons (Fsp3) is 0.650. The Balaban J connectivity index is 1.59. The van der Waals surface area contributed by atoms with E-state index in [-0.39, 0.29) is 12.3 Å². The van der Waals surface area contributed by atoms with Crippen LogP contribution >= 0.6 is 0 Å². The molecule has 0 bridgehead atoms. The zero-order valence-corrected chi connectivity index (χ0v) is 15.7. The number of amides is 1. The van der Waals surface area contributed by atoms with Crippen LogP contribution < -0.4 is 4.74 Å². The van der Waals surface area contributed by atoms with Gasteiger partial charge in [0, 0.05) is 26.1 Å². The first-order valence-electron chi connectivity index (χ1n) is 9.53. The summed E-state index contributed by atoms with van der Waals surface area (Å²) in [6.07, 6.45) is -2.26. The molecule has 1 atom stereocenters. The molecule has 4 nitrogen and oxygen atoms in total. The van der Waals surface area contributed by atoms with Gasteiger partial charge in [0.25, 0.3) is 0 Å². The van der Waals surface area contributed by atoms with Gasteiger partial charge in [0.15, 0.2) is 0 Å². The molecule has 1 spiro atoms. The minimum absolute atomic E-state index is 0.0985. The summed E-state index contributed by atoms with van der Waals surface area (Å²) in [6.45, 7) is 2.97. The number of likely N-dealkylation sites (tertiary alicyclic amines) is 2. The smallest absolute Gasteiger partial charge is 0.389 e. The number of benzene rings is 1. The Morgan fingerprint density at radius 1 is 1.22 bits per heavy atom. The number of ether oxygens (including phenoxy) is 1. The van der Waals surface area contributed by atoms with E-state index in [2.05, 4.69) is 0 Å². The predicted molar refractivity (Wildman–Crippen MR) is 96.4 cm³/mol. The summed E-state index contributed by atoms with van der Waals surface area (Å²) in [5, 5.41) is 0. The molecular weight excluding hydrogens is 357 g/mol. The Hall–Kier alpha value is -1.76. The molecule has 27 heavy (non-hydrogen) atoms. The Morgan fingerprint density at radius 3 is 2.78 bits per heavy atom. The van der Waals surface area contributed by atoms with Gasteiger partial charge < -0.3 is 14.5 Å². The minimum atomic E-state index is -4.11. The lowest BCUT2D eigenvalue weighted by Gasteiger charge is -2.39. The molecule has 7 heteroatoms. The third-order valence-electron chi connectivity index (χ3n) is 5.70. The predicted octanol–water partition coefficient (Wildman–Crippen LogP) is 3.85. The van der Waals surface area contributed by atoms with Crippen molar-refractivity contribution in [2.75, 3.05) is 33.3 Å². The Labute approximate surface area is 158 Å². The molecule has 2 aliphatic heterocycles. The summed E-state index contributed by atoms with van der Waals surface area (Å²) in [4.78, 5) is 17.1. The van der Waals surface area contributed by atoms with Crippen molar-refractivity contribution in [2.24, 2.45) is 5.41 Å². The van der Waals surface area contributed by atoms with Crippen molar-refractivity contribution in [1.29, 1.82) is 0 Å². The van der Waals surface area contributed by atoms with E-state index >= 15 is 0 Å². The van der Waals surface area contributed by atoms with Crippen molar-refractivity contribution in [2.45, 2.75) is 44.8 Å². The SMILES string of the molecule is COc1cccc(CN2CCC[C@@]3(CCN(CCCC(F)(F)F)C3)C2=O)c1. The van der Waals surface area contributed by atoms with Crippen LogP contribution in [0.1, 0.15) is 37.7 Å². The molecule has 2 saturated heterocycles. The first-order chi connectivity index (χ1) is 12.8. The first-order valence-corrected chi connectivity index (χ1v) is 9.53. The van der Waals surface area contributed by atoms with Gasteiger partial charge in [-0.2, -0.15) is 13.2 Å². The van der Waals surface area contributed by atoms with Crippen molar-refractivity contribution in [3.8, 4) is 5.75 Å². The van der Waals surface area contributed by atoms with Crippen LogP contribution in [0, 0.1) is 5.41 Å². The van der Waals surface area contributed by atoms with Crippen molar-refractivity contribution in [1.82, 2.24) is 9.80 Å². The van der Waals surface area contributed by atoms with Crippen molar-refractivity contribution >= 4 is 5.91 Å². The number of piperidine rings is 1. The van der Waals surface area contributed by atoms with Crippen LogP contribution in [0.2, 0.25) is 0 Å². The normalized spacial score (nSPS) is 24.0. The molecule has 2 heterocycles. The topological polar surface area (TPSA) is 32.8 Å². The van der Waals surface area contributed by atoms with Crippen LogP contribution in [-0.4, -0.2) is 55.2 Å². The van der Waals surface area contributed by atoms with Crippen molar-refractivity contribution < 1.29 is 22.7 Å². The van der Waals surface area contributed by atoms with Gasteiger partial charge in [-0.05, 0) is 56.5 Å². The monoisotopic (exact) mass is 384 g/mol. The van der Waals surface area contributed by atoms with Crippen LogP contribution in [0.3, 0.4) is 0 Å². The van der Waals surface area contributed by atoms with E-state index in [9.17, 15) is 18.0 Å². The van der Waals surface area contributed by atoms with Crippen molar-refractivity contribution in [3.05, 3.63) is 29.8 Å². The number of nitrogens with zero attached hydrogens (tertiary/aromatic N) is 2. The maximum atomic E-state index is 13.2. The number of hydrogen-bond donors (Lipinski definition) is 0. The molecule has 1 aromatic rings. The highest BCUT2D eigenvalue weighted by Crippen LogP contribution is 2.40. The molecule has 0 aliphatic carbocycles. The van der Waals surface area contributed by atoms with E-state index in [1.54, 1.807) is 7.11 Å². The number of methoxy groups -OCH3 is 1. The second kappa shape index (κ2) is 8.09. The molecule has 0 aromatic heterocycles. The molecular formula is C20H27F3N2O2. The number of carbonyl (C=O) groups excluding carboxylic acids is 1. The maximum Gasteiger partial charge on any atom is 0.389 e. The lowest BCUT2D eigenvalue weighted by molar-refractivity contribution is -0.146. The second-order valence-electron chi connectivity index (χ2n) is 7.71. The van der Waals surface area contributed by atoms with E-state index in [1.807, 2.05) is 34.1 Å². The summed E-state index contributed by atoms with van der Waals surface area (Å²) in [7, 11) is 1.62. The third kappa shape index (κ3) is 4.94. The molecule has 2 aliphatic rings. The summed E-state index contributed by atoms with van der Waals surface area (Å²) in [5.74, 6) is 0.915. The summed E-state index contributed by atoms with van der Waals surface area (Å²) in [5.41, 5.74) is 0.606. The van der Waals surface area contributed by atoms with Gasteiger partial charge in [-0.25, -0.2) is 0 Å². The van der Waals surface area contributed by atoms with Crippen LogP contribution in [0.5, 0.6) is 5.75 Å². The lowest BCUT2D eigenvalue weighted by atomic mass is 9.78. The van der Waals surface area contributed by atoms with E-state index in [1.165, 1.54) is 0 Å². The molecule has 1 amide bonds. The standard InChI is InChI=1S/C20H27F3N2O2/c1-27-17-6-2-5-16(13-17)14-25-11-3-7-19(18(25)26)9-12-24(15-19)10-4-8-20(21,22)23/h2,5-6,13H,3-4,7-12,14-15H2,1H3/t19-/m0/s1. The third-order valence-corrected chi connectivity index (χ3v) is 5.70. The Morgan fingerprint density at radius 2 is 2.04 bits per heavy atom. The van der Waals surface area contributed by atoms with E-state index in [4.69, 9.17) is 4.74 Å². The molecule has 0 unspecified atom stereocenters. The zero-order chi connectivity index (χ0) is 19.5. The van der Waals surface area contributed by atoms with Gasteiger partial charge in [0.05, 0.1) is 12.5 Å². The quantitative estimate of drug-likeness (QED) is 0.747. The fourth-order valence-corrected chi connectivity index (χ4v) is 4.33. The first kappa shape index (κ1) is 20.0. The van der Waals surface area contributed by atoms with Crippen LogP contribution in [0.25, 0.3) is 0 Å². The van der Waals surface area contributed by atoms with Crippen LogP contribution in [0.4, 0.5) is 13.2 Å². The van der Waals surface area contributed by atoms with Gasteiger partial charge in [-0.15, -0.1) is 0 Å². The molecule has 1 aromatic carbocycles. The molecule has 150 valence electrons. The van der Waals surface area contributed by atoms with Gasteiger partial charge in [-0.3, -0.25) is 4.79 Å². The average Bonchev–Trinajstić information content (AvgIpc) is 3.02. The summed E-state index contributed by atoms with van der Waals surface area (Å²) in [6, 6.07) is 7.71. The number of hydrogen-bond acceptors (Lipinski definition) is 3. The van der Waals surface area contributed by atoms with Gasteiger partial charge in [0.1, 0.15) is 5.75 Å². The number of rotatable bonds is 6. The summed E-state index contributed by atoms with van der Waals surface area (Å²) < 4.78 is 42.3. The molecule has 0 N–H and O–H groups in total. The van der Waals surface area contributed by atoms with Gasteiger partial charge in [-0.1, -0.05) is 12.1 Å². The highest BCUT2D eigenvalue weighted by Gasteiger charge is 2.48. The number of halogens is 3. The van der Waals surface area contributed by atoms with E-state index in [0.29, 0.717) is 26.2 Å². The maximum absolute atomic E-state index is 13.2. The fourth-order valence-electron chi connectivity index (χ4n) is 4.33. The zero-order valence-electron chi connectivity index (χ0n) is 15.7. The van der Waals surface area contributed by atoms with E-state index < -0.39 is 18.0 Å². The van der Waals surface area contributed by atoms with E-state index in [0.717, 1.165) is 37.1 Å². The molecule has 3 rings (SSSR count). The molecule has 0 saturated carbocycles. The summed E-state index contributed by atoms with van der Waals surface area (Å²) >= 11 is 0. The Bertz CT molecular complexity index is 665. The lowest BCUT2D eigenvalue weighted by Crippen LogP contribution is -2.49. The number of carbonyl (C=O) groups is 1. The highest BCUT2D eigenvalue weighted by molar-refractivity contribution is 5.84. The molecule has 2 fully saturated rings. The molecule has 0 radical (unpaired) electrons. The number of alkyl halides is 3. The Kier molecular flexibility index (Phi) is 5.99. The van der Waals surface area contributed by atoms with Gasteiger partial charge in [0.2, 0.25) is 5.91 Å². The van der Waals surface area contributed by atoms with Crippen molar-refractivity contribution in [3.63, 3.8) is 0 Å². The van der Waals surface area contributed by atoms with Gasteiger partial charge >= 0.3 is 6.18 Å². The van der Waals surface area contributed by atoms with Crippen LogP contribution in [-0.2, 0) is 11.3 Å². The highest BCUT2D eigenvalue weighted by atomic mass is 19.4. The minimum Gasteiger partial charge on any atom is -0.497 e. The largest absolute Gasteiger partial charge is 0.497 e. The van der Waals surface area contributed by atoms with Crippen LogP contribution in [0.15, 0.2) is 24.3 Å². The second-order valence-corrected chi connectivity index (χ2v) is 7.71.